The lowest BCUT2D eigenvalue weighted by Crippen LogP contribution is -2.17. The van der Waals surface area contributed by atoms with E-state index in [9.17, 15) is 14.0 Å². The van der Waals surface area contributed by atoms with Gasteiger partial charge in [-0.15, -0.1) is 0 Å². The Bertz CT molecular complexity index is 822. The van der Waals surface area contributed by atoms with E-state index in [2.05, 4.69) is 23.0 Å². The minimum atomic E-state index is -1.26. The molecule has 1 saturated heterocycles. The summed E-state index contributed by atoms with van der Waals surface area (Å²) < 4.78 is 13.3. The molecule has 2 N–H and O–H groups in total. The molecule has 1 aromatic carbocycles. The largest absolute Gasteiger partial charge is 0.478 e. The van der Waals surface area contributed by atoms with E-state index in [0.29, 0.717) is 18.2 Å². The number of likely N-dealkylation sites (tertiary alicyclic amines) is 1. The summed E-state index contributed by atoms with van der Waals surface area (Å²) in [6.45, 7) is 1.13. The molecule has 7 heteroatoms. The summed E-state index contributed by atoms with van der Waals surface area (Å²) in [6.07, 6.45) is 7.24. The van der Waals surface area contributed by atoms with Crippen LogP contribution in [0.15, 0.2) is 54.9 Å². The zero-order chi connectivity index (χ0) is 19.8. The van der Waals surface area contributed by atoms with Crippen molar-refractivity contribution in [2.75, 3.05) is 13.6 Å². The molecule has 0 bridgehead atoms. The standard InChI is InChI=1S/C16H17FN2.C4H4O4/c1-19-7-3-6-16(19)14-8-13(10-18-11-14)12-4-2-5-15(17)9-12;5-3(6)1-2-4(7)8/h2,4-5,8-11,16H,3,6-7H2,1H3;1-2H,(H,5,6)(H,7,8)/b;2-1+. The maximum absolute atomic E-state index is 13.3. The van der Waals surface area contributed by atoms with E-state index in [1.54, 1.807) is 18.3 Å². The van der Waals surface area contributed by atoms with Gasteiger partial charge in [-0.05, 0) is 55.8 Å². The van der Waals surface area contributed by atoms with Gasteiger partial charge in [0.1, 0.15) is 5.82 Å². The molecular formula is C20H21FN2O4. The van der Waals surface area contributed by atoms with Gasteiger partial charge in [0.05, 0.1) is 0 Å². The van der Waals surface area contributed by atoms with Crippen LogP contribution in [0.4, 0.5) is 4.39 Å². The van der Waals surface area contributed by atoms with Crippen LogP contribution in [0.3, 0.4) is 0 Å². The fourth-order valence-electron chi connectivity index (χ4n) is 2.94. The first kappa shape index (κ1) is 20.3. The first-order valence-corrected chi connectivity index (χ1v) is 8.42. The summed E-state index contributed by atoms with van der Waals surface area (Å²) in [6, 6.07) is 9.25. The van der Waals surface area contributed by atoms with E-state index in [1.165, 1.54) is 24.5 Å². The van der Waals surface area contributed by atoms with Crippen molar-refractivity contribution in [2.45, 2.75) is 18.9 Å². The SMILES string of the molecule is CN1CCCC1c1cncc(-c2cccc(F)c2)c1.O=C(O)/C=C/C(=O)O. The first-order valence-electron chi connectivity index (χ1n) is 8.42. The number of pyridine rings is 1. The van der Waals surface area contributed by atoms with Gasteiger partial charge in [-0.2, -0.15) is 0 Å². The molecule has 3 rings (SSSR count). The highest BCUT2D eigenvalue weighted by molar-refractivity contribution is 5.89. The Morgan fingerprint density at radius 1 is 1.15 bits per heavy atom. The van der Waals surface area contributed by atoms with E-state index < -0.39 is 11.9 Å². The molecule has 0 radical (unpaired) electrons. The molecule has 2 aromatic rings. The maximum atomic E-state index is 13.3. The molecule has 1 aromatic heterocycles. The number of aliphatic carboxylic acids is 2. The number of rotatable bonds is 4. The fourth-order valence-corrected chi connectivity index (χ4v) is 2.94. The lowest BCUT2D eigenvalue weighted by atomic mass is 10.0. The summed E-state index contributed by atoms with van der Waals surface area (Å²) in [4.78, 5) is 25.8. The first-order chi connectivity index (χ1) is 12.9. The minimum Gasteiger partial charge on any atom is -0.478 e. The van der Waals surface area contributed by atoms with Crippen molar-refractivity contribution >= 4 is 11.9 Å². The van der Waals surface area contributed by atoms with Gasteiger partial charge in [-0.3, -0.25) is 9.88 Å². The number of halogens is 1. The smallest absolute Gasteiger partial charge is 0.328 e. The number of benzene rings is 1. The Morgan fingerprint density at radius 2 is 1.85 bits per heavy atom. The highest BCUT2D eigenvalue weighted by Gasteiger charge is 2.22. The van der Waals surface area contributed by atoms with Crippen LogP contribution in [0, 0.1) is 5.82 Å². The highest BCUT2D eigenvalue weighted by atomic mass is 19.1. The van der Waals surface area contributed by atoms with Crippen LogP contribution < -0.4 is 0 Å². The van der Waals surface area contributed by atoms with Crippen molar-refractivity contribution in [1.29, 1.82) is 0 Å². The molecule has 142 valence electrons. The summed E-state index contributed by atoms with van der Waals surface area (Å²) in [5.41, 5.74) is 3.09. The van der Waals surface area contributed by atoms with Gasteiger partial charge in [-0.1, -0.05) is 12.1 Å². The van der Waals surface area contributed by atoms with Crippen LogP contribution in [0.25, 0.3) is 11.1 Å². The molecule has 6 nitrogen and oxygen atoms in total. The van der Waals surface area contributed by atoms with E-state index in [0.717, 1.165) is 17.7 Å². The molecule has 1 atom stereocenters. The van der Waals surface area contributed by atoms with Gasteiger partial charge < -0.3 is 10.2 Å². The molecule has 27 heavy (non-hydrogen) atoms. The Morgan fingerprint density at radius 3 is 2.41 bits per heavy atom. The Labute approximate surface area is 156 Å². The number of nitrogens with zero attached hydrogens (tertiary/aromatic N) is 2. The molecule has 0 saturated carbocycles. The Balaban J connectivity index is 0.000000279. The molecule has 1 aliphatic rings. The van der Waals surface area contributed by atoms with E-state index >= 15 is 0 Å². The van der Waals surface area contributed by atoms with Crippen molar-refractivity contribution in [3.05, 3.63) is 66.3 Å². The third kappa shape index (κ3) is 6.31. The second-order valence-corrected chi connectivity index (χ2v) is 6.17. The van der Waals surface area contributed by atoms with Crippen LogP contribution in [0.2, 0.25) is 0 Å². The number of carbonyl (C=O) groups is 2. The summed E-state index contributed by atoms with van der Waals surface area (Å²) >= 11 is 0. The molecule has 0 amide bonds. The summed E-state index contributed by atoms with van der Waals surface area (Å²) in [7, 11) is 2.15. The number of aromatic nitrogens is 1. The molecule has 1 aliphatic heterocycles. The van der Waals surface area contributed by atoms with Gasteiger partial charge in [0.2, 0.25) is 0 Å². The number of carboxylic acids is 2. The van der Waals surface area contributed by atoms with Crippen LogP contribution in [-0.2, 0) is 9.59 Å². The van der Waals surface area contributed by atoms with Crippen LogP contribution >= 0.6 is 0 Å². The van der Waals surface area contributed by atoms with E-state index in [4.69, 9.17) is 10.2 Å². The van der Waals surface area contributed by atoms with Crippen molar-refractivity contribution < 1.29 is 24.2 Å². The topological polar surface area (TPSA) is 90.7 Å². The zero-order valence-corrected chi connectivity index (χ0v) is 14.9. The second-order valence-electron chi connectivity index (χ2n) is 6.17. The van der Waals surface area contributed by atoms with Gasteiger partial charge in [0, 0.05) is 36.2 Å². The van der Waals surface area contributed by atoms with E-state index in [-0.39, 0.29) is 5.82 Å². The van der Waals surface area contributed by atoms with Crippen molar-refractivity contribution in [2.24, 2.45) is 0 Å². The lowest BCUT2D eigenvalue weighted by molar-refractivity contribution is -0.134. The van der Waals surface area contributed by atoms with Crippen molar-refractivity contribution in [1.82, 2.24) is 9.88 Å². The average molecular weight is 372 g/mol. The van der Waals surface area contributed by atoms with E-state index in [1.807, 2.05) is 12.3 Å². The highest BCUT2D eigenvalue weighted by Crippen LogP contribution is 2.32. The van der Waals surface area contributed by atoms with Crippen LogP contribution in [0.1, 0.15) is 24.4 Å². The van der Waals surface area contributed by atoms with Gasteiger partial charge in [0.15, 0.2) is 0 Å². The summed E-state index contributed by atoms with van der Waals surface area (Å²) in [5, 5.41) is 15.6. The molecule has 0 spiro atoms. The minimum absolute atomic E-state index is 0.208. The van der Waals surface area contributed by atoms with Gasteiger partial charge >= 0.3 is 11.9 Å². The maximum Gasteiger partial charge on any atom is 0.328 e. The lowest BCUT2D eigenvalue weighted by Gasteiger charge is -2.19. The zero-order valence-electron chi connectivity index (χ0n) is 14.9. The Kier molecular flexibility index (Phi) is 7.19. The van der Waals surface area contributed by atoms with Crippen LogP contribution in [-0.4, -0.2) is 45.6 Å². The van der Waals surface area contributed by atoms with Gasteiger partial charge in [0.25, 0.3) is 0 Å². The normalized spacial score (nSPS) is 16.7. The Hall–Kier alpha value is -3.06. The third-order valence-electron chi connectivity index (χ3n) is 4.19. The molecular weight excluding hydrogens is 351 g/mol. The monoisotopic (exact) mass is 372 g/mol. The predicted molar refractivity (Wildman–Crippen MR) is 98.6 cm³/mol. The number of hydrogen-bond acceptors (Lipinski definition) is 4. The quantitative estimate of drug-likeness (QED) is 0.800. The number of carboxylic acid groups (broad SMARTS) is 2. The van der Waals surface area contributed by atoms with Crippen LogP contribution in [0.5, 0.6) is 0 Å². The van der Waals surface area contributed by atoms with Gasteiger partial charge in [-0.25, -0.2) is 14.0 Å². The van der Waals surface area contributed by atoms with Crippen molar-refractivity contribution in [3.8, 4) is 11.1 Å². The molecule has 1 fully saturated rings. The second kappa shape index (κ2) is 9.59. The van der Waals surface area contributed by atoms with Crippen molar-refractivity contribution in [3.63, 3.8) is 0 Å². The molecule has 2 heterocycles. The number of hydrogen-bond donors (Lipinski definition) is 2. The predicted octanol–water partition coefficient (Wildman–Crippen LogP) is 3.37. The fraction of sp³-hybridized carbons (Fsp3) is 0.250. The molecule has 1 unspecified atom stereocenters. The summed E-state index contributed by atoms with van der Waals surface area (Å²) in [5.74, 6) is -2.72. The average Bonchev–Trinajstić information content (AvgIpc) is 3.07. The third-order valence-corrected chi connectivity index (χ3v) is 4.19. The molecule has 0 aliphatic carbocycles.